The number of nitrogens with one attached hydrogen (secondary N) is 1. The van der Waals surface area contributed by atoms with Crippen molar-refractivity contribution in [2.75, 3.05) is 13.4 Å². The first kappa shape index (κ1) is 18.6. The molecule has 0 spiro atoms. The molecule has 0 radical (unpaired) electrons. The van der Waals surface area contributed by atoms with Crippen LogP contribution in [0, 0.1) is 13.8 Å². The van der Waals surface area contributed by atoms with Crippen LogP contribution in [0.3, 0.4) is 0 Å². The third-order valence-electron chi connectivity index (χ3n) is 5.53. The Balaban J connectivity index is 0.00000192. The number of carbonyl (C=O) groups excluding carboxylic acids is 1. The molecule has 2 aromatic heterocycles. The van der Waals surface area contributed by atoms with Crippen molar-refractivity contribution in [2.45, 2.75) is 33.6 Å². The average Bonchev–Trinajstić information content (AvgIpc) is 3.24. The van der Waals surface area contributed by atoms with E-state index in [0.717, 1.165) is 57.8 Å². The van der Waals surface area contributed by atoms with Crippen LogP contribution in [0.1, 0.15) is 39.8 Å². The number of carbonyl (C=O) groups is 1. The second-order valence-electron chi connectivity index (χ2n) is 6.99. The van der Waals surface area contributed by atoms with E-state index < -0.39 is 0 Å². The Bertz CT molecular complexity index is 1120. The molecule has 1 aromatic carbocycles. The van der Waals surface area contributed by atoms with Crippen LogP contribution < -0.4 is 9.47 Å². The fourth-order valence-corrected chi connectivity index (χ4v) is 4.19. The number of halogens is 1. The lowest BCUT2D eigenvalue weighted by molar-refractivity contribution is 0.0519. The third-order valence-corrected chi connectivity index (χ3v) is 5.53. The topological polar surface area (TPSA) is 73.4 Å². The van der Waals surface area contributed by atoms with Crippen LogP contribution in [-0.2, 0) is 17.6 Å². The van der Waals surface area contributed by atoms with Gasteiger partial charge in [0.1, 0.15) is 5.69 Å². The molecule has 0 amide bonds. The molecular formula is C21H21ClN2O4. The van der Waals surface area contributed by atoms with Gasteiger partial charge in [0, 0.05) is 22.7 Å². The summed E-state index contributed by atoms with van der Waals surface area (Å²) in [5, 5.41) is 1.08. The maximum Gasteiger partial charge on any atom is 0.355 e. The lowest BCUT2D eigenvalue weighted by atomic mass is 9.87. The first-order valence-corrected chi connectivity index (χ1v) is 9.20. The van der Waals surface area contributed by atoms with Gasteiger partial charge in [0.05, 0.1) is 17.8 Å². The zero-order chi connectivity index (χ0) is 18.7. The van der Waals surface area contributed by atoms with Crippen molar-refractivity contribution in [3.8, 4) is 22.8 Å². The summed E-state index contributed by atoms with van der Waals surface area (Å²) in [5.74, 6) is 1.18. The number of nitrogens with zero attached hydrogens (tertiary/aromatic N) is 1. The Hall–Kier alpha value is -2.73. The number of ether oxygens (including phenoxy) is 3. The van der Waals surface area contributed by atoms with E-state index >= 15 is 0 Å². The van der Waals surface area contributed by atoms with E-state index in [1.54, 1.807) is 0 Å². The smallest absolute Gasteiger partial charge is 0.355 e. The molecule has 0 fully saturated rings. The Morgan fingerprint density at radius 3 is 2.68 bits per heavy atom. The number of hydrogen-bond acceptors (Lipinski definition) is 5. The van der Waals surface area contributed by atoms with E-state index in [9.17, 15) is 4.79 Å². The van der Waals surface area contributed by atoms with Gasteiger partial charge in [-0.1, -0.05) is 0 Å². The highest BCUT2D eigenvalue weighted by Gasteiger charge is 2.29. The average molecular weight is 401 g/mol. The minimum Gasteiger partial charge on any atom is -0.461 e. The van der Waals surface area contributed by atoms with Gasteiger partial charge in [0.25, 0.3) is 0 Å². The summed E-state index contributed by atoms with van der Waals surface area (Å²) in [4.78, 5) is 20.5. The second kappa shape index (κ2) is 6.71. The number of aryl methyl sites for hydroxylation is 2. The van der Waals surface area contributed by atoms with Crippen molar-refractivity contribution in [3.05, 3.63) is 40.2 Å². The van der Waals surface area contributed by atoms with Crippen molar-refractivity contribution in [3.63, 3.8) is 0 Å². The molecule has 146 valence electrons. The molecule has 0 bridgehead atoms. The number of aromatic nitrogens is 2. The summed E-state index contributed by atoms with van der Waals surface area (Å²) in [6.45, 7) is 6.50. The van der Waals surface area contributed by atoms with Crippen molar-refractivity contribution >= 4 is 29.3 Å². The SMILES string of the molecule is CCOC(=O)c1[nH]c2c(c1C)-c1nc3cc4c(cc3c(C)c1CC2)OCO4.Cl. The quantitative estimate of drug-likeness (QED) is 0.650. The van der Waals surface area contributed by atoms with E-state index in [4.69, 9.17) is 19.2 Å². The number of pyridine rings is 1. The number of H-pyrrole nitrogens is 1. The van der Waals surface area contributed by atoms with Crippen molar-refractivity contribution in [1.82, 2.24) is 9.97 Å². The Labute approximate surface area is 168 Å². The van der Waals surface area contributed by atoms with Crippen LogP contribution in [0.15, 0.2) is 12.1 Å². The van der Waals surface area contributed by atoms with Gasteiger partial charge in [-0.3, -0.25) is 0 Å². The van der Waals surface area contributed by atoms with Gasteiger partial charge in [0.15, 0.2) is 11.5 Å². The van der Waals surface area contributed by atoms with E-state index in [0.29, 0.717) is 12.3 Å². The van der Waals surface area contributed by atoms with Crippen LogP contribution in [0.2, 0.25) is 0 Å². The normalized spacial score (nSPS) is 13.7. The molecule has 0 unspecified atom stereocenters. The van der Waals surface area contributed by atoms with Crippen molar-refractivity contribution in [2.24, 2.45) is 0 Å². The Morgan fingerprint density at radius 2 is 1.93 bits per heavy atom. The maximum atomic E-state index is 12.3. The summed E-state index contributed by atoms with van der Waals surface area (Å²) >= 11 is 0. The predicted octanol–water partition coefficient (Wildman–Crippen LogP) is 4.27. The van der Waals surface area contributed by atoms with Gasteiger partial charge in [-0.05, 0) is 56.4 Å². The number of benzene rings is 1. The van der Waals surface area contributed by atoms with Crippen LogP contribution in [0.5, 0.6) is 11.5 Å². The molecule has 3 heterocycles. The number of aromatic amines is 1. The number of esters is 1. The first-order chi connectivity index (χ1) is 13.1. The third kappa shape index (κ3) is 2.55. The molecule has 7 heteroatoms. The molecule has 0 saturated carbocycles. The lowest BCUT2D eigenvalue weighted by Gasteiger charge is -2.20. The van der Waals surface area contributed by atoms with Gasteiger partial charge in [-0.15, -0.1) is 12.4 Å². The standard InChI is InChI=1S/C21H20N2O4.ClH/c1-4-25-21(24)19-11(3)18-14(22-19)6-5-12-10(2)13-7-16-17(27-9-26-16)8-15(13)23-20(12)18;/h7-8,22H,4-6,9H2,1-3H3;1H. The summed E-state index contributed by atoms with van der Waals surface area (Å²) in [5.41, 5.74) is 7.77. The summed E-state index contributed by atoms with van der Waals surface area (Å²) in [7, 11) is 0. The van der Waals surface area contributed by atoms with E-state index in [1.165, 1.54) is 11.1 Å². The highest BCUT2D eigenvalue weighted by Crippen LogP contribution is 2.42. The molecule has 28 heavy (non-hydrogen) atoms. The fraction of sp³-hybridized carbons (Fsp3) is 0.333. The summed E-state index contributed by atoms with van der Waals surface area (Å²) in [6.07, 6.45) is 1.73. The van der Waals surface area contributed by atoms with Crippen molar-refractivity contribution < 1.29 is 19.0 Å². The van der Waals surface area contributed by atoms with Crippen LogP contribution >= 0.6 is 12.4 Å². The second-order valence-corrected chi connectivity index (χ2v) is 6.99. The number of fused-ring (bicyclic) bond motifs is 5. The fourth-order valence-electron chi connectivity index (χ4n) is 4.19. The molecule has 0 atom stereocenters. The number of hydrogen-bond donors (Lipinski definition) is 1. The zero-order valence-electron chi connectivity index (χ0n) is 16.0. The lowest BCUT2D eigenvalue weighted by Crippen LogP contribution is -2.08. The predicted molar refractivity (Wildman–Crippen MR) is 108 cm³/mol. The highest BCUT2D eigenvalue weighted by atomic mass is 35.5. The molecule has 5 rings (SSSR count). The van der Waals surface area contributed by atoms with E-state index in [-0.39, 0.29) is 25.2 Å². The molecule has 1 N–H and O–H groups in total. The summed E-state index contributed by atoms with van der Waals surface area (Å²) in [6, 6.07) is 3.96. The minimum atomic E-state index is -0.313. The molecular weight excluding hydrogens is 380 g/mol. The van der Waals surface area contributed by atoms with Crippen LogP contribution in [0.4, 0.5) is 0 Å². The zero-order valence-corrected chi connectivity index (χ0v) is 16.8. The van der Waals surface area contributed by atoms with Gasteiger partial charge in [0.2, 0.25) is 6.79 Å². The summed E-state index contributed by atoms with van der Waals surface area (Å²) < 4.78 is 16.2. The minimum absolute atomic E-state index is 0. The maximum absolute atomic E-state index is 12.3. The largest absolute Gasteiger partial charge is 0.461 e. The molecule has 1 aliphatic carbocycles. The van der Waals surface area contributed by atoms with Crippen molar-refractivity contribution in [1.29, 1.82) is 0 Å². The molecule has 6 nitrogen and oxygen atoms in total. The monoisotopic (exact) mass is 400 g/mol. The number of rotatable bonds is 2. The van der Waals surface area contributed by atoms with E-state index in [1.807, 2.05) is 26.0 Å². The van der Waals surface area contributed by atoms with Crippen LogP contribution in [0.25, 0.3) is 22.2 Å². The Morgan fingerprint density at radius 1 is 1.18 bits per heavy atom. The molecule has 0 saturated heterocycles. The van der Waals surface area contributed by atoms with Gasteiger partial charge in [-0.25, -0.2) is 9.78 Å². The first-order valence-electron chi connectivity index (χ1n) is 9.20. The van der Waals surface area contributed by atoms with Gasteiger partial charge in [-0.2, -0.15) is 0 Å². The molecule has 2 aliphatic rings. The van der Waals surface area contributed by atoms with Gasteiger partial charge >= 0.3 is 5.97 Å². The van der Waals surface area contributed by atoms with Gasteiger partial charge < -0.3 is 19.2 Å². The van der Waals surface area contributed by atoms with Crippen LogP contribution in [-0.4, -0.2) is 29.3 Å². The molecule has 1 aliphatic heterocycles. The molecule has 3 aromatic rings. The Kier molecular flexibility index (Phi) is 4.46. The van der Waals surface area contributed by atoms with E-state index in [2.05, 4.69) is 11.9 Å². The highest BCUT2D eigenvalue weighted by molar-refractivity contribution is 5.95.